The van der Waals surface area contributed by atoms with Gasteiger partial charge in [-0.25, -0.2) is 4.98 Å². The van der Waals surface area contributed by atoms with Gasteiger partial charge in [0.1, 0.15) is 0 Å². The van der Waals surface area contributed by atoms with Gasteiger partial charge in [0.2, 0.25) is 0 Å². The van der Waals surface area contributed by atoms with Crippen molar-refractivity contribution in [3.05, 3.63) is 16.4 Å². The Morgan fingerprint density at radius 3 is 2.60 bits per heavy atom. The fourth-order valence-corrected chi connectivity index (χ4v) is 1.26. The van der Waals surface area contributed by atoms with Crippen LogP contribution in [0.15, 0.2) is 10.7 Å². The maximum absolute atomic E-state index is 11.9. The van der Waals surface area contributed by atoms with Crippen molar-refractivity contribution < 1.29 is 23.0 Å². The van der Waals surface area contributed by atoms with E-state index >= 15 is 0 Å². The predicted molar refractivity (Wildman–Crippen MR) is 48.2 cm³/mol. The zero-order valence-corrected chi connectivity index (χ0v) is 8.76. The maximum Gasteiger partial charge on any atom is 0.573 e. The van der Waals surface area contributed by atoms with Crippen molar-refractivity contribution in [2.75, 3.05) is 0 Å². The maximum atomic E-state index is 11.9. The zero-order chi connectivity index (χ0) is 11.6. The van der Waals surface area contributed by atoms with Gasteiger partial charge >= 0.3 is 6.36 Å². The van der Waals surface area contributed by atoms with Crippen molar-refractivity contribution >= 4 is 15.9 Å². The summed E-state index contributed by atoms with van der Waals surface area (Å²) >= 11 is 2.78. The molecule has 0 aromatic carbocycles. The third kappa shape index (κ3) is 3.24. The fraction of sp³-hybridized carbons (Fsp3) is 0.286. The van der Waals surface area contributed by atoms with Crippen molar-refractivity contribution in [1.29, 1.82) is 0 Å². The van der Waals surface area contributed by atoms with E-state index in [-0.39, 0.29) is 16.8 Å². The lowest BCUT2D eigenvalue weighted by atomic mass is 10.3. The van der Waals surface area contributed by atoms with Crippen molar-refractivity contribution in [2.24, 2.45) is 5.73 Å². The largest absolute Gasteiger partial charge is 0.573 e. The number of nitrogens with zero attached hydrogens (tertiary/aromatic N) is 1. The molecule has 0 atom stereocenters. The lowest BCUT2D eigenvalue weighted by Gasteiger charge is -2.11. The minimum Gasteiger partial charge on any atom is -0.502 e. The Balaban J connectivity index is 3.11. The Kier molecular flexibility index (Phi) is 3.40. The van der Waals surface area contributed by atoms with Crippen LogP contribution < -0.4 is 10.5 Å². The van der Waals surface area contributed by atoms with E-state index in [0.29, 0.717) is 0 Å². The Morgan fingerprint density at radius 1 is 1.53 bits per heavy atom. The standard InChI is InChI=1S/C7H6BrF3N2O2/c8-6-5(14)4(15-7(9,10)11)1-3(2-12)13-6/h1,14H,2,12H2. The highest BCUT2D eigenvalue weighted by molar-refractivity contribution is 9.10. The number of hydrogen-bond acceptors (Lipinski definition) is 4. The van der Waals surface area contributed by atoms with Gasteiger partial charge in [-0.2, -0.15) is 0 Å². The molecular formula is C7H6BrF3N2O2. The Hall–Kier alpha value is -1.02. The van der Waals surface area contributed by atoms with E-state index in [4.69, 9.17) is 5.73 Å². The highest BCUT2D eigenvalue weighted by Gasteiger charge is 2.33. The van der Waals surface area contributed by atoms with E-state index in [1.54, 1.807) is 0 Å². The second-order valence-electron chi connectivity index (χ2n) is 2.50. The molecule has 3 N–H and O–H groups in total. The van der Waals surface area contributed by atoms with Crippen LogP contribution >= 0.6 is 15.9 Å². The van der Waals surface area contributed by atoms with Crippen molar-refractivity contribution in [2.45, 2.75) is 12.9 Å². The molecule has 0 fully saturated rings. The monoisotopic (exact) mass is 286 g/mol. The van der Waals surface area contributed by atoms with Gasteiger partial charge in [0.05, 0.1) is 5.69 Å². The molecule has 1 aromatic heterocycles. The van der Waals surface area contributed by atoms with Gasteiger partial charge in [0.25, 0.3) is 0 Å². The Bertz CT molecular complexity index is 370. The van der Waals surface area contributed by atoms with E-state index < -0.39 is 17.9 Å². The summed E-state index contributed by atoms with van der Waals surface area (Å²) in [4.78, 5) is 3.68. The zero-order valence-electron chi connectivity index (χ0n) is 7.18. The van der Waals surface area contributed by atoms with Gasteiger partial charge in [-0.05, 0) is 15.9 Å². The van der Waals surface area contributed by atoms with E-state index in [9.17, 15) is 18.3 Å². The average Bonchev–Trinajstić information content (AvgIpc) is 2.10. The number of halogens is 4. The van der Waals surface area contributed by atoms with Crippen LogP contribution in [0.2, 0.25) is 0 Å². The number of pyridine rings is 1. The van der Waals surface area contributed by atoms with Crippen LogP contribution in [0.4, 0.5) is 13.2 Å². The first-order chi connectivity index (χ1) is 6.83. The van der Waals surface area contributed by atoms with E-state index in [0.717, 1.165) is 6.07 Å². The molecule has 1 aromatic rings. The fourth-order valence-electron chi connectivity index (χ4n) is 0.840. The third-order valence-electron chi connectivity index (χ3n) is 1.40. The van der Waals surface area contributed by atoms with Crippen molar-refractivity contribution in [3.8, 4) is 11.5 Å². The van der Waals surface area contributed by atoms with E-state index in [2.05, 4.69) is 25.7 Å². The minimum absolute atomic E-state index is 0.0624. The molecule has 1 rings (SSSR count). The molecule has 0 unspecified atom stereocenters. The number of ether oxygens (including phenoxy) is 1. The van der Waals surface area contributed by atoms with Gasteiger partial charge in [-0.3, -0.25) is 0 Å². The lowest BCUT2D eigenvalue weighted by molar-refractivity contribution is -0.275. The average molecular weight is 287 g/mol. The molecule has 15 heavy (non-hydrogen) atoms. The summed E-state index contributed by atoms with van der Waals surface area (Å²) < 4.78 is 39.1. The Labute approximate surface area is 91.0 Å². The van der Waals surface area contributed by atoms with Crippen LogP contribution in [0.25, 0.3) is 0 Å². The first-order valence-electron chi connectivity index (χ1n) is 3.67. The van der Waals surface area contributed by atoms with Crippen molar-refractivity contribution in [1.82, 2.24) is 4.98 Å². The second kappa shape index (κ2) is 4.23. The number of aromatic nitrogens is 1. The smallest absolute Gasteiger partial charge is 0.502 e. The summed E-state index contributed by atoms with van der Waals surface area (Å²) in [5.74, 6) is -1.45. The summed E-state index contributed by atoms with van der Waals surface area (Å²) in [7, 11) is 0. The molecule has 0 spiro atoms. The summed E-state index contributed by atoms with van der Waals surface area (Å²) in [6.07, 6.45) is -4.87. The number of nitrogens with two attached hydrogens (primary N) is 1. The van der Waals surface area contributed by atoms with Gasteiger partial charge in [-0.1, -0.05) is 0 Å². The molecule has 4 nitrogen and oxygen atoms in total. The van der Waals surface area contributed by atoms with E-state index in [1.165, 1.54) is 0 Å². The molecule has 8 heteroatoms. The van der Waals surface area contributed by atoms with Crippen LogP contribution in [0.1, 0.15) is 5.69 Å². The van der Waals surface area contributed by atoms with Gasteiger partial charge in [0, 0.05) is 12.6 Å². The molecule has 0 amide bonds. The predicted octanol–water partition coefficient (Wildman–Crippen LogP) is 1.91. The molecule has 0 aliphatic rings. The molecule has 0 bridgehead atoms. The van der Waals surface area contributed by atoms with Crippen LogP contribution in [-0.2, 0) is 6.54 Å². The highest BCUT2D eigenvalue weighted by Crippen LogP contribution is 2.36. The first-order valence-corrected chi connectivity index (χ1v) is 4.47. The topological polar surface area (TPSA) is 68.4 Å². The molecule has 84 valence electrons. The normalized spacial score (nSPS) is 11.5. The molecule has 0 aliphatic carbocycles. The highest BCUT2D eigenvalue weighted by atomic mass is 79.9. The summed E-state index contributed by atoms with van der Waals surface area (Å²) in [5, 5.41) is 9.21. The number of rotatable bonds is 2. The summed E-state index contributed by atoms with van der Waals surface area (Å²) in [5.41, 5.74) is 5.37. The Morgan fingerprint density at radius 2 is 2.13 bits per heavy atom. The van der Waals surface area contributed by atoms with Crippen LogP contribution in [0.3, 0.4) is 0 Å². The molecule has 0 radical (unpaired) electrons. The molecule has 0 saturated carbocycles. The third-order valence-corrected chi connectivity index (χ3v) is 1.96. The SMILES string of the molecule is NCc1cc(OC(F)(F)F)c(O)c(Br)n1. The van der Waals surface area contributed by atoms with Gasteiger partial charge in [0.15, 0.2) is 16.1 Å². The minimum atomic E-state index is -4.87. The molecule has 0 saturated heterocycles. The summed E-state index contributed by atoms with van der Waals surface area (Å²) in [6, 6.07) is 0.924. The number of alkyl halides is 3. The van der Waals surface area contributed by atoms with Crippen molar-refractivity contribution in [3.63, 3.8) is 0 Å². The number of hydrogen-bond donors (Lipinski definition) is 2. The first kappa shape index (κ1) is 12.1. The quantitative estimate of drug-likeness (QED) is 0.815. The van der Waals surface area contributed by atoms with Crippen LogP contribution in [0, 0.1) is 0 Å². The summed E-state index contributed by atoms with van der Waals surface area (Å²) in [6.45, 7) is -0.0624. The second-order valence-corrected chi connectivity index (χ2v) is 3.25. The van der Waals surface area contributed by atoms with E-state index in [1.807, 2.05) is 0 Å². The van der Waals surface area contributed by atoms with Crippen LogP contribution in [0.5, 0.6) is 11.5 Å². The lowest BCUT2D eigenvalue weighted by Crippen LogP contribution is -2.17. The molecular weight excluding hydrogens is 281 g/mol. The van der Waals surface area contributed by atoms with Gasteiger partial charge in [-0.15, -0.1) is 13.2 Å². The number of aromatic hydroxyl groups is 1. The molecule has 0 aliphatic heterocycles. The molecule has 1 heterocycles. The van der Waals surface area contributed by atoms with Gasteiger partial charge < -0.3 is 15.6 Å². The van der Waals surface area contributed by atoms with Crippen LogP contribution in [-0.4, -0.2) is 16.5 Å².